The number of nitrogens with one attached hydrogen (secondary N) is 1. The van der Waals surface area contributed by atoms with E-state index in [4.69, 9.17) is 4.98 Å². The highest BCUT2D eigenvalue weighted by Crippen LogP contribution is 2.29. The second kappa shape index (κ2) is 6.14. The number of thiazole rings is 1. The van der Waals surface area contributed by atoms with Crippen LogP contribution in [-0.2, 0) is 5.41 Å². The molecule has 0 spiro atoms. The molecule has 1 unspecified atom stereocenters. The van der Waals surface area contributed by atoms with Gasteiger partial charge in [0.25, 0.3) is 0 Å². The summed E-state index contributed by atoms with van der Waals surface area (Å²) in [5, 5.41) is 6.51. The van der Waals surface area contributed by atoms with Crippen LogP contribution in [0.2, 0.25) is 0 Å². The van der Waals surface area contributed by atoms with Gasteiger partial charge in [0.15, 0.2) is 5.13 Å². The van der Waals surface area contributed by atoms with Crippen molar-refractivity contribution in [3.05, 3.63) is 28.9 Å². The lowest BCUT2D eigenvalue weighted by molar-refractivity contribution is 0.567. The van der Waals surface area contributed by atoms with Crippen LogP contribution in [0.15, 0.2) is 17.5 Å². The molecule has 0 aromatic carbocycles. The van der Waals surface area contributed by atoms with E-state index in [0.717, 1.165) is 34.2 Å². The Balaban J connectivity index is 2.27. The molecule has 2 rings (SSSR count). The van der Waals surface area contributed by atoms with Crippen molar-refractivity contribution >= 4 is 16.5 Å². The zero-order valence-electron chi connectivity index (χ0n) is 13.8. The summed E-state index contributed by atoms with van der Waals surface area (Å²) in [5.74, 6) is 0. The first kappa shape index (κ1) is 16.0. The normalized spacial score (nSPS) is 13.2. The summed E-state index contributed by atoms with van der Waals surface area (Å²) in [6, 6.07) is 4.71. The number of pyridine rings is 1. The zero-order valence-corrected chi connectivity index (χ0v) is 14.6. The van der Waals surface area contributed by atoms with Crippen LogP contribution in [0.25, 0.3) is 11.3 Å². The molecule has 2 heterocycles. The molecule has 1 atom stereocenters. The van der Waals surface area contributed by atoms with E-state index in [1.165, 1.54) is 0 Å². The molecule has 2 aromatic heterocycles. The van der Waals surface area contributed by atoms with E-state index in [1.54, 1.807) is 11.3 Å². The molecule has 3 nitrogen and oxygen atoms in total. The van der Waals surface area contributed by atoms with Crippen molar-refractivity contribution in [3.8, 4) is 11.3 Å². The van der Waals surface area contributed by atoms with Gasteiger partial charge < -0.3 is 5.32 Å². The van der Waals surface area contributed by atoms with Crippen LogP contribution in [-0.4, -0.2) is 16.0 Å². The highest BCUT2D eigenvalue weighted by Gasteiger charge is 2.17. The van der Waals surface area contributed by atoms with Crippen molar-refractivity contribution in [2.45, 2.75) is 59.4 Å². The number of hydrogen-bond donors (Lipinski definition) is 1. The second-order valence-corrected chi connectivity index (χ2v) is 7.43. The first-order valence-electron chi connectivity index (χ1n) is 7.51. The third-order valence-corrected chi connectivity index (χ3v) is 4.39. The van der Waals surface area contributed by atoms with Crippen LogP contribution in [0.1, 0.15) is 52.4 Å². The molecule has 0 saturated carbocycles. The molecule has 0 radical (unpaired) electrons. The fourth-order valence-electron chi connectivity index (χ4n) is 2.03. The van der Waals surface area contributed by atoms with Crippen molar-refractivity contribution in [1.82, 2.24) is 9.97 Å². The van der Waals surface area contributed by atoms with Crippen molar-refractivity contribution in [3.63, 3.8) is 0 Å². The molecular formula is C17H25N3S. The Bertz CT molecular complexity index is 611. The van der Waals surface area contributed by atoms with Gasteiger partial charge in [0.2, 0.25) is 0 Å². The molecule has 1 N–H and O–H groups in total. The minimum atomic E-state index is 0.0780. The maximum absolute atomic E-state index is 4.75. The highest BCUT2D eigenvalue weighted by molar-refractivity contribution is 7.14. The van der Waals surface area contributed by atoms with Gasteiger partial charge in [0.1, 0.15) is 0 Å². The smallest absolute Gasteiger partial charge is 0.183 e. The zero-order chi connectivity index (χ0) is 15.6. The molecule has 21 heavy (non-hydrogen) atoms. The van der Waals surface area contributed by atoms with Crippen molar-refractivity contribution in [2.24, 2.45) is 0 Å². The van der Waals surface area contributed by atoms with E-state index in [2.05, 4.69) is 69.4 Å². The van der Waals surface area contributed by atoms with E-state index < -0.39 is 0 Å². The van der Waals surface area contributed by atoms with Gasteiger partial charge in [-0.3, -0.25) is 4.98 Å². The Labute approximate surface area is 131 Å². The Hall–Kier alpha value is -1.42. The first-order valence-corrected chi connectivity index (χ1v) is 8.39. The fraction of sp³-hybridized carbons (Fsp3) is 0.529. The van der Waals surface area contributed by atoms with Crippen LogP contribution >= 0.6 is 11.3 Å². The van der Waals surface area contributed by atoms with Gasteiger partial charge in [-0.15, -0.1) is 11.3 Å². The molecule has 4 heteroatoms. The standard InChI is InChI=1S/C17H25N3S/c1-7-11(2)18-16-20-14(10-21-16)13-8-9-15(17(4,5)6)19-12(13)3/h8-11H,7H2,1-6H3,(H,18,20). The quantitative estimate of drug-likeness (QED) is 0.861. The lowest BCUT2D eigenvalue weighted by Crippen LogP contribution is -2.14. The average Bonchev–Trinajstić information content (AvgIpc) is 2.85. The van der Waals surface area contributed by atoms with Gasteiger partial charge in [-0.05, 0) is 32.4 Å². The molecule has 0 aliphatic carbocycles. The third-order valence-electron chi connectivity index (χ3n) is 3.62. The monoisotopic (exact) mass is 303 g/mol. The number of hydrogen-bond acceptors (Lipinski definition) is 4. The predicted octanol–water partition coefficient (Wildman–Crippen LogP) is 5.02. The minimum absolute atomic E-state index is 0.0780. The summed E-state index contributed by atoms with van der Waals surface area (Å²) in [6.45, 7) is 13.0. The maximum atomic E-state index is 4.75. The fourth-order valence-corrected chi connectivity index (χ4v) is 2.85. The molecule has 0 fully saturated rings. The first-order chi connectivity index (χ1) is 9.81. The van der Waals surface area contributed by atoms with Gasteiger partial charge in [-0.1, -0.05) is 27.7 Å². The topological polar surface area (TPSA) is 37.8 Å². The highest BCUT2D eigenvalue weighted by atomic mass is 32.1. The van der Waals surface area contributed by atoms with Gasteiger partial charge in [0, 0.05) is 33.8 Å². The summed E-state index contributed by atoms with van der Waals surface area (Å²) >= 11 is 1.66. The Kier molecular flexibility index (Phi) is 4.67. The summed E-state index contributed by atoms with van der Waals surface area (Å²) in [5.41, 5.74) is 4.38. The maximum Gasteiger partial charge on any atom is 0.183 e. The van der Waals surface area contributed by atoms with Crippen molar-refractivity contribution in [2.75, 3.05) is 5.32 Å². The van der Waals surface area contributed by atoms with Gasteiger partial charge >= 0.3 is 0 Å². The van der Waals surface area contributed by atoms with Crippen LogP contribution < -0.4 is 5.32 Å². The molecule has 2 aromatic rings. The molecular weight excluding hydrogens is 278 g/mol. The Morgan fingerprint density at radius 3 is 2.52 bits per heavy atom. The van der Waals surface area contributed by atoms with Crippen LogP contribution in [0.3, 0.4) is 0 Å². The summed E-state index contributed by atoms with van der Waals surface area (Å²) < 4.78 is 0. The van der Waals surface area contributed by atoms with E-state index >= 15 is 0 Å². The molecule has 114 valence electrons. The average molecular weight is 303 g/mol. The number of rotatable bonds is 4. The van der Waals surface area contributed by atoms with Gasteiger partial charge in [0.05, 0.1) is 5.69 Å². The number of aryl methyl sites for hydroxylation is 1. The minimum Gasteiger partial charge on any atom is -0.359 e. The molecule has 0 aliphatic heterocycles. The van der Waals surface area contributed by atoms with E-state index in [9.17, 15) is 0 Å². The molecule has 0 aliphatic rings. The summed E-state index contributed by atoms with van der Waals surface area (Å²) in [7, 11) is 0. The second-order valence-electron chi connectivity index (χ2n) is 6.57. The Morgan fingerprint density at radius 1 is 1.24 bits per heavy atom. The largest absolute Gasteiger partial charge is 0.359 e. The summed E-state index contributed by atoms with van der Waals surface area (Å²) in [4.78, 5) is 9.44. The van der Waals surface area contributed by atoms with Crippen molar-refractivity contribution < 1.29 is 0 Å². The predicted molar refractivity (Wildman–Crippen MR) is 92.2 cm³/mol. The Morgan fingerprint density at radius 2 is 1.95 bits per heavy atom. The number of nitrogens with zero attached hydrogens (tertiary/aromatic N) is 2. The third kappa shape index (κ3) is 3.82. The lowest BCUT2D eigenvalue weighted by Gasteiger charge is -2.18. The van der Waals surface area contributed by atoms with E-state index in [0.29, 0.717) is 6.04 Å². The van der Waals surface area contributed by atoms with Gasteiger partial charge in [-0.2, -0.15) is 0 Å². The molecule has 0 amide bonds. The van der Waals surface area contributed by atoms with Gasteiger partial charge in [-0.25, -0.2) is 4.98 Å². The number of anilines is 1. The van der Waals surface area contributed by atoms with E-state index in [-0.39, 0.29) is 5.41 Å². The number of aromatic nitrogens is 2. The van der Waals surface area contributed by atoms with Crippen LogP contribution in [0, 0.1) is 6.92 Å². The summed E-state index contributed by atoms with van der Waals surface area (Å²) in [6.07, 6.45) is 1.09. The molecule has 0 bridgehead atoms. The lowest BCUT2D eigenvalue weighted by atomic mass is 9.91. The van der Waals surface area contributed by atoms with E-state index in [1.807, 2.05) is 0 Å². The van der Waals surface area contributed by atoms with Crippen molar-refractivity contribution in [1.29, 1.82) is 0 Å². The molecule has 0 saturated heterocycles. The van der Waals surface area contributed by atoms with Crippen LogP contribution in [0.4, 0.5) is 5.13 Å². The van der Waals surface area contributed by atoms with Crippen LogP contribution in [0.5, 0.6) is 0 Å². The SMILES string of the molecule is CCC(C)Nc1nc(-c2ccc(C(C)(C)C)nc2C)cs1.